The number of hydrogen-bond acceptors (Lipinski definition) is 3. The first-order valence-electron chi connectivity index (χ1n) is 8.37. The molecule has 2 saturated carbocycles. The monoisotopic (exact) mass is 298 g/mol. The molecule has 0 bridgehead atoms. The summed E-state index contributed by atoms with van der Waals surface area (Å²) in [6, 6.07) is 0. The minimum Gasteiger partial charge on any atom is -0.299 e. The Morgan fingerprint density at radius 2 is 1.82 bits per heavy atom. The molecule has 22 heavy (non-hydrogen) atoms. The van der Waals surface area contributed by atoms with Gasteiger partial charge in [0.1, 0.15) is 5.78 Å². The number of rotatable bonds is 0. The molecule has 4 rings (SSSR count). The SMILES string of the molecule is C[C@]12C=CC(=O)C(=O)C1C=C[C@@H]1[C@@H]2CC[C@]2(C)C(=O)CC[C@@H]12. The maximum absolute atomic E-state index is 12.3. The van der Waals surface area contributed by atoms with Crippen LogP contribution in [0.25, 0.3) is 0 Å². The molecule has 4 aliphatic rings. The van der Waals surface area contributed by atoms with Gasteiger partial charge in [0, 0.05) is 17.3 Å². The Bertz CT molecular complexity index is 643. The second kappa shape index (κ2) is 4.27. The number of allylic oxidation sites excluding steroid dienone is 4. The summed E-state index contributed by atoms with van der Waals surface area (Å²) in [6.07, 6.45) is 11.1. The van der Waals surface area contributed by atoms with Crippen LogP contribution in [0.1, 0.15) is 39.5 Å². The topological polar surface area (TPSA) is 51.2 Å². The van der Waals surface area contributed by atoms with E-state index in [0.29, 0.717) is 30.0 Å². The van der Waals surface area contributed by atoms with Gasteiger partial charge in [-0.1, -0.05) is 32.1 Å². The molecule has 116 valence electrons. The standard InChI is InChI=1S/C19H22O3/c1-18-10-8-15(20)17(22)14(18)4-3-11-12-5-6-16(21)19(12,2)9-7-13(11)18/h3-4,8,10-14H,5-7,9H2,1-2H3/t11-,12-,13-,14?,18+,19-/m0/s1. The van der Waals surface area contributed by atoms with E-state index < -0.39 is 0 Å². The molecular weight excluding hydrogens is 276 g/mol. The van der Waals surface area contributed by atoms with E-state index in [1.54, 1.807) is 0 Å². The quantitative estimate of drug-likeness (QED) is 0.510. The highest BCUT2D eigenvalue weighted by Gasteiger charge is 2.59. The summed E-state index contributed by atoms with van der Waals surface area (Å²) >= 11 is 0. The highest BCUT2D eigenvalue weighted by molar-refractivity contribution is 6.43. The number of carbonyl (C=O) groups excluding carboxylic acids is 3. The van der Waals surface area contributed by atoms with E-state index in [0.717, 1.165) is 19.3 Å². The van der Waals surface area contributed by atoms with Gasteiger partial charge in [-0.05, 0) is 43.1 Å². The zero-order valence-corrected chi connectivity index (χ0v) is 13.2. The Morgan fingerprint density at radius 1 is 1.05 bits per heavy atom. The molecule has 0 amide bonds. The molecule has 0 heterocycles. The van der Waals surface area contributed by atoms with Crippen LogP contribution in [-0.4, -0.2) is 17.3 Å². The molecule has 0 spiro atoms. The van der Waals surface area contributed by atoms with Crippen molar-refractivity contribution < 1.29 is 14.4 Å². The number of fused-ring (bicyclic) bond motifs is 5. The lowest BCUT2D eigenvalue weighted by Crippen LogP contribution is -2.52. The average molecular weight is 298 g/mol. The number of carbonyl (C=O) groups is 3. The third kappa shape index (κ3) is 1.55. The van der Waals surface area contributed by atoms with E-state index in [4.69, 9.17) is 0 Å². The van der Waals surface area contributed by atoms with Crippen LogP contribution in [0.2, 0.25) is 0 Å². The summed E-state index contributed by atoms with van der Waals surface area (Å²) < 4.78 is 0. The van der Waals surface area contributed by atoms with Crippen molar-refractivity contribution in [3.8, 4) is 0 Å². The van der Waals surface area contributed by atoms with Gasteiger partial charge in [0.2, 0.25) is 11.6 Å². The second-order valence-corrected chi connectivity index (χ2v) is 8.00. The van der Waals surface area contributed by atoms with Crippen molar-refractivity contribution in [2.45, 2.75) is 39.5 Å². The molecule has 1 unspecified atom stereocenters. The molecule has 0 radical (unpaired) electrons. The van der Waals surface area contributed by atoms with Crippen molar-refractivity contribution in [1.29, 1.82) is 0 Å². The van der Waals surface area contributed by atoms with Gasteiger partial charge >= 0.3 is 0 Å². The number of Topliss-reactive ketones (excluding diaryl/α,β-unsaturated/α-hetero) is 2. The maximum atomic E-state index is 12.3. The first-order chi connectivity index (χ1) is 10.4. The summed E-state index contributed by atoms with van der Waals surface area (Å²) in [6.45, 7) is 4.26. The first-order valence-corrected chi connectivity index (χ1v) is 8.37. The third-order valence-electron chi connectivity index (χ3n) is 7.16. The molecule has 0 aromatic heterocycles. The smallest absolute Gasteiger partial charge is 0.221 e. The number of hydrogen-bond donors (Lipinski definition) is 0. The van der Waals surface area contributed by atoms with Crippen molar-refractivity contribution >= 4 is 17.3 Å². The van der Waals surface area contributed by atoms with Gasteiger partial charge in [-0.3, -0.25) is 14.4 Å². The largest absolute Gasteiger partial charge is 0.299 e. The molecule has 0 aromatic carbocycles. The van der Waals surface area contributed by atoms with Gasteiger partial charge in [-0.15, -0.1) is 0 Å². The van der Waals surface area contributed by atoms with Crippen molar-refractivity contribution in [3.63, 3.8) is 0 Å². The summed E-state index contributed by atoms with van der Waals surface area (Å²) in [7, 11) is 0. The summed E-state index contributed by atoms with van der Waals surface area (Å²) in [5.41, 5.74) is -0.440. The average Bonchev–Trinajstić information content (AvgIpc) is 2.79. The van der Waals surface area contributed by atoms with E-state index >= 15 is 0 Å². The van der Waals surface area contributed by atoms with Crippen LogP contribution in [0.15, 0.2) is 24.3 Å². The fraction of sp³-hybridized carbons (Fsp3) is 0.632. The first kappa shape index (κ1) is 14.1. The van der Waals surface area contributed by atoms with Gasteiger partial charge in [0.15, 0.2) is 0 Å². The molecule has 0 aromatic rings. The lowest BCUT2D eigenvalue weighted by Gasteiger charge is -2.54. The van der Waals surface area contributed by atoms with E-state index in [1.165, 1.54) is 6.08 Å². The molecule has 0 aliphatic heterocycles. The van der Waals surface area contributed by atoms with Crippen molar-refractivity contribution in [1.82, 2.24) is 0 Å². The number of ketones is 3. The van der Waals surface area contributed by atoms with E-state index in [1.807, 2.05) is 12.2 Å². The van der Waals surface area contributed by atoms with Gasteiger partial charge in [-0.25, -0.2) is 0 Å². The lowest BCUT2D eigenvalue weighted by atomic mass is 9.48. The Balaban J connectivity index is 1.78. The molecule has 0 N–H and O–H groups in total. The molecular formula is C19H22O3. The van der Waals surface area contributed by atoms with Crippen molar-refractivity contribution in [2.24, 2.45) is 34.5 Å². The predicted molar refractivity (Wildman–Crippen MR) is 81.9 cm³/mol. The molecule has 2 fully saturated rings. The van der Waals surface area contributed by atoms with Gasteiger partial charge < -0.3 is 0 Å². The summed E-state index contributed by atoms with van der Waals surface area (Å²) in [5.74, 6) is 0.582. The van der Waals surface area contributed by atoms with Crippen LogP contribution in [0.4, 0.5) is 0 Å². The Hall–Kier alpha value is -1.51. The highest BCUT2D eigenvalue weighted by Crippen LogP contribution is 2.61. The maximum Gasteiger partial charge on any atom is 0.221 e. The van der Waals surface area contributed by atoms with Crippen LogP contribution in [-0.2, 0) is 14.4 Å². The summed E-state index contributed by atoms with van der Waals surface area (Å²) in [4.78, 5) is 36.3. The zero-order valence-electron chi connectivity index (χ0n) is 13.2. The minimum atomic E-state index is -0.373. The molecule has 0 saturated heterocycles. The van der Waals surface area contributed by atoms with Crippen LogP contribution >= 0.6 is 0 Å². The van der Waals surface area contributed by atoms with Crippen molar-refractivity contribution in [2.75, 3.05) is 0 Å². The molecule has 6 atom stereocenters. The molecule has 4 aliphatic carbocycles. The highest BCUT2D eigenvalue weighted by atomic mass is 16.2. The van der Waals surface area contributed by atoms with Crippen LogP contribution in [0.5, 0.6) is 0 Å². The Labute approximate surface area is 130 Å². The fourth-order valence-electron chi connectivity index (χ4n) is 5.73. The predicted octanol–water partition coefficient (Wildman–Crippen LogP) is 2.90. The summed E-state index contributed by atoms with van der Waals surface area (Å²) in [5, 5.41) is 0. The zero-order chi connectivity index (χ0) is 15.7. The lowest BCUT2D eigenvalue weighted by molar-refractivity contribution is -0.141. The van der Waals surface area contributed by atoms with E-state index in [2.05, 4.69) is 19.9 Å². The van der Waals surface area contributed by atoms with Crippen molar-refractivity contribution in [3.05, 3.63) is 24.3 Å². The van der Waals surface area contributed by atoms with E-state index in [-0.39, 0.29) is 28.3 Å². The molecule has 3 heteroatoms. The Morgan fingerprint density at radius 3 is 2.59 bits per heavy atom. The van der Waals surface area contributed by atoms with Gasteiger partial charge in [-0.2, -0.15) is 0 Å². The van der Waals surface area contributed by atoms with Crippen LogP contribution in [0, 0.1) is 34.5 Å². The van der Waals surface area contributed by atoms with Gasteiger partial charge in [0.25, 0.3) is 0 Å². The minimum absolute atomic E-state index is 0.174. The van der Waals surface area contributed by atoms with E-state index in [9.17, 15) is 14.4 Å². The third-order valence-corrected chi connectivity index (χ3v) is 7.16. The van der Waals surface area contributed by atoms with Gasteiger partial charge in [0.05, 0.1) is 5.92 Å². The van der Waals surface area contributed by atoms with Crippen LogP contribution < -0.4 is 0 Å². The van der Waals surface area contributed by atoms with Crippen LogP contribution in [0.3, 0.4) is 0 Å². The normalized spacial score (nSPS) is 49.8. The Kier molecular flexibility index (Phi) is 2.74. The second-order valence-electron chi connectivity index (χ2n) is 8.00. The molecule has 3 nitrogen and oxygen atoms in total. The fourth-order valence-corrected chi connectivity index (χ4v) is 5.73.